The third kappa shape index (κ3) is 5.28. The van der Waals surface area contributed by atoms with Gasteiger partial charge >= 0.3 is 5.97 Å². The first-order valence-corrected chi connectivity index (χ1v) is 6.22. The van der Waals surface area contributed by atoms with Crippen LogP contribution in [0.15, 0.2) is 18.2 Å². The van der Waals surface area contributed by atoms with Gasteiger partial charge in [0.2, 0.25) is 0 Å². The summed E-state index contributed by atoms with van der Waals surface area (Å²) in [5.74, 6) is -0.0769. The molecule has 1 aromatic rings. The summed E-state index contributed by atoms with van der Waals surface area (Å²) in [6.07, 6.45) is 0.491. The Labute approximate surface area is 114 Å². The zero-order valence-electron chi connectivity index (χ0n) is 11.7. The molecule has 0 saturated carbocycles. The lowest BCUT2D eigenvalue weighted by molar-refractivity contribution is -0.137. The molecule has 1 aromatic carbocycles. The van der Waals surface area contributed by atoms with Crippen LogP contribution in [0.3, 0.4) is 0 Å². The van der Waals surface area contributed by atoms with Crippen LogP contribution >= 0.6 is 0 Å². The molecule has 1 rings (SSSR count). The van der Waals surface area contributed by atoms with E-state index in [0.717, 1.165) is 23.4 Å². The molecule has 0 bridgehead atoms. The zero-order valence-corrected chi connectivity index (χ0v) is 11.7. The van der Waals surface area contributed by atoms with Crippen LogP contribution in [0.25, 0.3) is 0 Å². The zero-order chi connectivity index (χ0) is 14.4. The van der Waals surface area contributed by atoms with Crippen LogP contribution < -0.4 is 10.5 Å². The fourth-order valence-electron chi connectivity index (χ4n) is 1.92. The third-order valence-corrected chi connectivity index (χ3v) is 2.82. The second-order valence-electron chi connectivity index (χ2n) is 4.89. The number of benzene rings is 1. The Hall–Kier alpha value is -1.59. The fraction of sp³-hybridized carbons (Fsp3) is 0.500. The highest BCUT2D eigenvalue weighted by Gasteiger charge is 2.11. The molecule has 5 heteroatoms. The van der Waals surface area contributed by atoms with E-state index < -0.39 is 5.97 Å². The second kappa shape index (κ2) is 7.11. The van der Waals surface area contributed by atoms with Crippen molar-refractivity contribution in [3.05, 3.63) is 29.3 Å². The van der Waals surface area contributed by atoms with Crippen molar-refractivity contribution in [2.75, 3.05) is 21.2 Å². The van der Waals surface area contributed by atoms with E-state index in [9.17, 15) is 4.79 Å². The number of carboxylic acids is 1. The molecule has 1 unspecified atom stereocenters. The van der Waals surface area contributed by atoms with E-state index >= 15 is 0 Å². The lowest BCUT2D eigenvalue weighted by Gasteiger charge is -2.16. The predicted octanol–water partition coefficient (Wildman–Crippen LogP) is 1.62. The van der Waals surface area contributed by atoms with Gasteiger partial charge in [0.05, 0.1) is 7.11 Å². The molecule has 0 radical (unpaired) electrons. The van der Waals surface area contributed by atoms with Crippen molar-refractivity contribution in [2.45, 2.75) is 25.4 Å². The summed E-state index contributed by atoms with van der Waals surface area (Å²) in [4.78, 5) is 12.6. The van der Waals surface area contributed by atoms with Gasteiger partial charge in [-0.25, -0.2) is 0 Å². The maximum Gasteiger partial charge on any atom is 0.303 e. The first-order valence-electron chi connectivity index (χ1n) is 6.22. The molecule has 19 heavy (non-hydrogen) atoms. The number of carbonyl (C=O) groups is 1. The van der Waals surface area contributed by atoms with Crippen molar-refractivity contribution in [3.8, 4) is 5.75 Å². The van der Waals surface area contributed by atoms with Gasteiger partial charge < -0.3 is 20.5 Å². The lowest BCUT2D eigenvalue weighted by atomic mass is 10.00. The smallest absolute Gasteiger partial charge is 0.303 e. The molecule has 0 amide bonds. The highest BCUT2D eigenvalue weighted by Crippen LogP contribution is 2.24. The average Bonchev–Trinajstić information content (AvgIpc) is 2.34. The molecule has 0 fully saturated rings. The number of hydrogen-bond acceptors (Lipinski definition) is 4. The number of ether oxygens (including phenoxy) is 1. The molecule has 0 aliphatic heterocycles. The molecule has 1 atom stereocenters. The maximum absolute atomic E-state index is 10.6. The maximum atomic E-state index is 10.6. The van der Waals surface area contributed by atoms with E-state index in [1.165, 1.54) is 0 Å². The van der Waals surface area contributed by atoms with Gasteiger partial charge in [-0.3, -0.25) is 4.79 Å². The van der Waals surface area contributed by atoms with E-state index in [1.54, 1.807) is 7.11 Å². The van der Waals surface area contributed by atoms with Crippen LogP contribution in [0.5, 0.6) is 5.75 Å². The summed E-state index contributed by atoms with van der Waals surface area (Å²) in [5, 5.41) is 8.70. The van der Waals surface area contributed by atoms with Crippen molar-refractivity contribution in [1.29, 1.82) is 0 Å². The quantitative estimate of drug-likeness (QED) is 0.784. The van der Waals surface area contributed by atoms with Crippen molar-refractivity contribution < 1.29 is 14.6 Å². The summed E-state index contributed by atoms with van der Waals surface area (Å²) >= 11 is 0. The van der Waals surface area contributed by atoms with Crippen molar-refractivity contribution in [1.82, 2.24) is 4.90 Å². The normalized spacial score (nSPS) is 12.5. The number of hydrogen-bond donors (Lipinski definition) is 2. The van der Waals surface area contributed by atoms with Gasteiger partial charge in [-0.2, -0.15) is 0 Å². The Balaban J connectivity index is 2.89. The summed E-state index contributed by atoms with van der Waals surface area (Å²) in [6.45, 7) is 0.788. The van der Waals surface area contributed by atoms with Gasteiger partial charge in [0.15, 0.2) is 0 Å². The number of nitrogens with two attached hydrogens (primary N) is 1. The fourth-order valence-corrected chi connectivity index (χ4v) is 1.92. The minimum Gasteiger partial charge on any atom is -0.497 e. The van der Waals surface area contributed by atoms with Gasteiger partial charge in [0, 0.05) is 19.0 Å². The summed E-state index contributed by atoms with van der Waals surface area (Å²) < 4.78 is 5.26. The molecule has 0 saturated heterocycles. The van der Waals surface area contributed by atoms with Gasteiger partial charge in [-0.05, 0) is 43.8 Å². The van der Waals surface area contributed by atoms with Crippen LogP contribution in [-0.4, -0.2) is 37.2 Å². The summed E-state index contributed by atoms with van der Waals surface area (Å²) in [5.41, 5.74) is 8.05. The first-order chi connectivity index (χ1) is 8.92. The predicted molar refractivity (Wildman–Crippen MR) is 74.2 cm³/mol. The molecule has 5 nitrogen and oxygen atoms in total. The number of nitrogens with zero attached hydrogens (tertiary/aromatic N) is 1. The summed E-state index contributed by atoms with van der Waals surface area (Å²) in [7, 11) is 5.59. The van der Waals surface area contributed by atoms with E-state index in [2.05, 4.69) is 4.90 Å². The summed E-state index contributed by atoms with van der Waals surface area (Å²) in [6, 6.07) is 5.56. The molecule has 0 aliphatic rings. The van der Waals surface area contributed by atoms with Crippen LogP contribution in [0.2, 0.25) is 0 Å². The van der Waals surface area contributed by atoms with Crippen LogP contribution in [0.1, 0.15) is 30.0 Å². The van der Waals surface area contributed by atoms with Crippen LogP contribution in [0, 0.1) is 0 Å². The lowest BCUT2D eigenvalue weighted by Crippen LogP contribution is -2.15. The van der Waals surface area contributed by atoms with Crippen molar-refractivity contribution in [3.63, 3.8) is 0 Å². The highest BCUT2D eigenvalue weighted by atomic mass is 16.5. The molecular formula is C14H22N2O3. The average molecular weight is 266 g/mol. The minimum atomic E-state index is -0.827. The van der Waals surface area contributed by atoms with Gasteiger partial charge in [0.25, 0.3) is 0 Å². The second-order valence-corrected chi connectivity index (χ2v) is 4.89. The Morgan fingerprint density at radius 2 is 2.11 bits per heavy atom. The van der Waals surface area contributed by atoms with E-state index in [4.69, 9.17) is 15.6 Å². The van der Waals surface area contributed by atoms with Crippen LogP contribution in [-0.2, 0) is 11.3 Å². The third-order valence-electron chi connectivity index (χ3n) is 2.82. The van der Waals surface area contributed by atoms with Crippen molar-refractivity contribution >= 4 is 5.97 Å². The molecule has 0 spiro atoms. The van der Waals surface area contributed by atoms with E-state index in [-0.39, 0.29) is 12.5 Å². The molecule has 3 N–H and O–H groups in total. The standard InChI is InChI=1S/C14H22N2O3/c1-16(2)9-10-6-11(8-12(7-10)19-3)13(15)4-5-14(17)18/h6-8,13H,4-5,9,15H2,1-3H3,(H,17,18). The Morgan fingerprint density at radius 1 is 1.42 bits per heavy atom. The first kappa shape index (κ1) is 15.5. The Bertz CT molecular complexity index is 433. The monoisotopic (exact) mass is 266 g/mol. The number of carboxylic acid groups (broad SMARTS) is 1. The Morgan fingerprint density at radius 3 is 2.63 bits per heavy atom. The van der Waals surface area contributed by atoms with Crippen molar-refractivity contribution in [2.24, 2.45) is 5.73 Å². The molecule has 106 valence electrons. The van der Waals surface area contributed by atoms with Gasteiger partial charge in [-0.1, -0.05) is 6.07 Å². The number of rotatable bonds is 7. The van der Waals surface area contributed by atoms with E-state index in [1.807, 2.05) is 32.3 Å². The Kier molecular flexibility index (Phi) is 5.79. The van der Waals surface area contributed by atoms with E-state index in [0.29, 0.717) is 6.42 Å². The highest BCUT2D eigenvalue weighted by molar-refractivity contribution is 5.66. The van der Waals surface area contributed by atoms with Gasteiger partial charge in [-0.15, -0.1) is 0 Å². The molecule has 0 aromatic heterocycles. The minimum absolute atomic E-state index is 0.0708. The van der Waals surface area contributed by atoms with Gasteiger partial charge in [0.1, 0.15) is 5.75 Å². The molecule has 0 aliphatic carbocycles. The number of aliphatic carboxylic acids is 1. The molecular weight excluding hydrogens is 244 g/mol. The SMILES string of the molecule is COc1cc(CN(C)C)cc(C(N)CCC(=O)O)c1. The largest absolute Gasteiger partial charge is 0.497 e. The molecule has 0 heterocycles. The van der Waals surface area contributed by atoms with Crippen LogP contribution in [0.4, 0.5) is 0 Å². The topological polar surface area (TPSA) is 75.8 Å². The number of methoxy groups -OCH3 is 1.